The number of pyridine rings is 3. The second kappa shape index (κ2) is 18.8. The minimum absolute atomic E-state index is 0.746. The maximum absolute atomic E-state index is 17.3. The smallest absolute Gasteiger partial charge is 0.171 e. The summed E-state index contributed by atoms with van der Waals surface area (Å²) in [5.41, 5.74) is 12.2. The molecule has 0 aliphatic heterocycles. The molecule has 0 fully saturated rings. The van der Waals surface area contributed by atoms with Gasteiger partial charge in [-0.05, 0) is 49.0 Å². The van der Waals surface area contributed by atoms with E-state index in [4.69, 9.17) is 15.0 Å². The van der Waals surface area contributed by atoms with Crippen molar-refractivity contribution in [1.82, 2.24) is 15.0 Å². The number of fused-ring (bicyclic) bond motifs is 18. The molecule has 0 bridgehead atoms. The molecule has 0 aliphatic rings. The van der Waals surface area contributed by atoms with Crippen molar-refractivity contribution in [3.8, 4) is 33.4 Å². The summed E-state index contributed by atoms with van der Waals surface area (Å²) in [7, 11) is -3.63. The number of hydrogen-bond acceptors (Lipinski definition) is 4. The molecule has 18 aromatic rings. The Hall–Kier alpha value is -10.9. The summed E-state index contributed by atoms with van der Waals surface area (Å²) < 4.78 is 17.3. The topological polar surface area (TPSA) is 55.7 Å². The third-order valence-electron chi connectivity index (χ3n) is 18.2. The van der Waals surface area contributed by atoms with Crippen LogP contribution in [0.15, 0.2) is 291 Å². The molecule has 398 valence electrons. The predicted octanol–water partition coefficient (Wildman–Crippen LogP) is 20.4. The van der Waals surface area contributed by atoms with E-state index in [1.807, 2.05) is 0 Å². The van der Waals surface area contributed by atoms with Gasteiger partial charge < -0.3 is 4.57 Å². The fraction of sp³-hybridized carbons (Fsp3) is 0. The fourth-order valence-corrected chi connectivity index (χ4v) is 16.7. The minimum Gasteiger partial charge on any atom is -0.309 e. The van der Waals surface area contributed by atoms with Crippen molar-refractivity contribution < 1.29 is 4.57 Å². The van der Waals surface area contributed by atoms with Gasteiger partial charge >= 0.3 is 0 Å². The van der Waals surface area contributed by atoms with Gasteiger partial charge in [0.2, 0.25) is 0 Å². The number of aromatic nitrogens is 3. The lowest BCUT2D eigenvalue weighted by Gasteiger charge is -2.22. The molecule has 0 saturated carbocycles. The fourth-order valence-electron chi connectivity index (χ4n) is 14.1. The first-order valence-corrected chi connectivity index (χ1v) is 31.0. The molecule has 4 nitrogen and oxygen atoms in total. The average molecular weight is 1110 g/mol. The van der Waals surface area contributed by atoms with Crippen molar-refractivity contribution in [2.75, 3.05) is 0 Å². The van der Waals surface area contributed by atoms with Crippen LogP contribution in [0.4, 0.5) is 0 Å². The summed E-state index contributed by atoms with van der Waals surface area (Å²) in [5, 5.41) is 22.2. The van der Waals surface area contributed by atoms with Crippen LogP contribution >= 0.6 is 7.14 Å². The van der Waals surface area contributed by atoms with Crippen LogP contribution in [-0.2, 0) is 4.57 Å². The van der Waals surface area contributed by atoms with Gasteiger partial charge in [-0.3, -0.25) is 0 Å². The first kappa shape index (κ1) is 48.6. The van der Waals surface area contributed by atoms with Gasteiger partial charge in [0.1, 0.15) is 0 Å². The zero-order chi connectivity index (χ0) is 56.6. The minimum atomic E-state index is -3.63. The summed E-state index contributed by atoms with van der Waals surface area (Å²) in [4.78, 5) is 16.4. The van der Waals surface area contributed by atoms with Crippen LogP contribution in [0.2, 0.25) is 0 Å². The van der Waals surface area contributed by atoms with Crippen LogP contribution in [0.1, 0.15) is 0 Å². The SMILES string of the molecule is O=P(c1ccc(-c2c3ccc4ccccc4c3nc3c2ccc2ccccc23)cc1)(c1ccc(-c2c3ccc4ccccc4c3nc3c2ccc2ccccc23)cc1)c1ccc(-c2c3ccc4ccccc4c3nc3c2ccc2ccccc23)cc1. The third-order valence-corrected chi connectivity index (χ3v) is 21.3. The lowest BCUT2D eigenvalue weighted by molar-refractivity contribution is 0.592. The van der Waals surface area contributed by atoms with Gasteiger partial charge in [0.05, 0.1) is 33.1 Å². The van der Waals surface area contributed by atoms with Crippen molar-refractivity contribution in [3.63, 3.8) is 0 Å². The highest BCUT2D eigenvalue weighted by Gasteiger charge is 2.31. The van der Waals surface area contributed by atoms with Crippen LogP contribution in [0.5, 0.6) is 0 Å². The molecule has 0 radical (unpaired) electrons. The highest BCUT2D eigenvalue weighted by molar-refractivity contribution is 7.85. The first-order valence-electron chi connectivity index (χ1n) is 29.3. The van der Waals surface area contributed by atoms with E-state index in [9.17, 15) is 0 Å². The molecule has 0 spiro atoms. The van der Waals surface area contributed by atoms with Gasteiger partial charge in [0.15, 0.2) is 7.14 Å². The largest absolute Gasteiger partial charge is 0.309 e. The van der Waals surface area contributed by atoms with Gasteiger partial charge in [0, 0.05) is 97.2 Å². The average Bonchev–Trinajstić information content (AvgIpc) is 3.76. The summed E-state index contributed by atoms with van der Waals surface area (Å²) in [6.07, 6.45) is 0. The summed E-state index contributed by atoms with van der Waals surface area (Å²) in [6.45, 7) is 0. The molecule has 0 saturated heterocycles. The highest BCUT2D eigenvalue weighted by atomic mass is 31.2. The van der Waals surface area contributed by atoms with Crippen LogP contribution in [0, 0.1) is 0 Å². The van der Waals surface area contributed by atoms with Crippen molar-refractivity contribution >= 4 is 153 Å². The molecule has 0 unspecified atom stereocenters. The number of rotatable bonds is 6. The Bertz CT molecular complexity index is 5110. The van der Waals surface area contributed by atoms with E-state index >= 15 is 4.57 Å². The Labute approximate surface area is 494 Å². The second-order valence-electron chi connectivity index (χ2n) is 22.8. The van der Waals surface area contributed by atoms with Crippen molar-refractivity contribution in [1.29, 1.82) is 0 Å². The van der Waals surface area contributed by atoms with Crippen LogP contribution in [0.3, 0.4) is 0 Å². The van der Waals surface area contributed by atoms with E-state index in [-0.39, 0.29) is 0 Å². The predicted molar refractivity (Wildman–Crippen MR) is 366 cm³/mol. The number of nitrogens with zero attached hydrogens (tertiary/aromatic N) is 3. The molecule has 5 heteroatoms. The Morgan fingerprint density at radius 2 is 0.372 bits per heavy atom. The zero-order valence-corrected chi connectivity index (χ0v) is 47.3. The van der Waals surface area contributed by atoms with E-state index < -0.39 is 7.14 Å². The van der Waals surface area contributed by atoms with Gasteiger partial charge in [-0.1, -0.05) is 291 Å². The van der Waals surface area contributed by atoms with Gasteiger partial charge in [-0.2, -0.15) is 0 Å². The van der Waals surface area contributed by atoms with Crippen LogP contribution < -0.4 is 15.9 Å². The molecule has 15 aromatic carbocycles. The summed E-state index contributed by atoms with van der Waals surface area (Å²) in [5.74, 6) is 0. The van der Waals surface area contributed by atoms with Crippen LogP contribution in [0.25, 0.3) is 163 Å². The van der Waals surface area contributed by atoms with E-state index in [2.05, 4.69) is 291 Å². The van der Waals surface area contributed by atoms with Crippen molar-refractivity contribution in [3.05, 3.63) is 291 Å². The van der Waals surface area contributed by atoms with Crippen molar-refractivity contribution in [2.45, 2.75) is 0 Å². The quantitative estimate of drug-likeness (QED) is 0.0946. The van der Waals surface area contributed by atoms with Gasteiger partial charge in [-0.15, -0.1) is 0 Å². The molecule has 18 rings (SSSR count). The number of benzene rings is 15. The van der Waals surface area contributed by atoms with Gasteiger partial charge in [-0.25, -0.2) is 15.0 Å². The Morgan fingerprint density at radius 1 is 0.186 bits per heavy atom. The lowest BCUT2D eigenvalue weighted by Crippen LogP contribution is -2.25. The Morgan fingerprint density at radius 3 is 0.570 bits per heavy atom. The van der Waals surface area contributed by atoms with Crippen molar-refractivity contribution in [2.24, 2.45) is 0 Å². The Kier molecular flexibility index (Phi) is 10.6. The number of hydrogen-bond donors (Lipinski definition) is 0. The maximum Gasteiger partial charge on any atom is 0.171 e. The van der Waals surface area contributed by atoms with E-state index in [1.54, 1.807) is 0 Å². The molecular formula is C81H48N3OP. The molecule has 0 N–H and O–H groups in total. The third kappa shape index (κ3) is 7.24. The Balaban J connectivity index is 0.848. The van der Waals surface area contributed by atoms with E-state index in [0.29, 0.717) is 0 Å². The normalized spacial score (nSPS) is 12.2. The molecule has 0 atom stereocenters. The second-order valence-corrected chi connectivity index (χ2v) is 25.6. The summed E-state index contributed by atoms with van der Waals surface area (Å²) in [6, 6.07) is 103. The lowest BCUT2D eigenvalue weighted by atomic mass is 9.92. The molecule has 3 aromatic heterocycles. The monoisotopic (exact) mass is 1110 g/mol. The van der Waals surface area contributed by atoms with E-state index in [1.165, 1.54) is 0 Å². The molecular weight excluding hydrogens is 1060 g/mol. The first-order chi connectivity index (χ1) is 42.5. The van der Waals surface area contributed by atoms with E-state index in [0.717, 1.165) is 179 Å². The summed E-state index contributed by atoms with van der Waals surface area (Å²) >= 11 is 0. The van der Waals surface area contributed by atoms with Crippen LogP contribution in [-0.4, -0.2) is 15.0 Å². The van der Waals surface area contributed by atoms with Gasteiger partial charge in [0.25, 0.3) is 0 Å². The molecule has 0 aliphatic carbocycles. The molecule has 86 heavy (non-hydrogen) atoms. The maximum atomic E-state index is 17.3. The highest BCUT2D eigenvalue weighted by Crippen LogP contribution is 2.48. The molecule has 3 heterocycles. The standard InChI is InChI=1S/C81H48N3OP/c85-86(58-37-25-55(26-38-58)73-67-43-31-49-13-1-7-19-61(49)76(67)82-77-62-20-8-2-14-50(62)32-44-68(73)77,59-39-27-56(28-40-59)74-69-45-33-51-15-3-9-21-63(51)78(69)83-79-64-22-10-4-16-52(64)34-46-70(74)79)60-41-29-57(30-42-60)75-71-47-35-53-17-5-11-23-65(53)80(71)84-81-66-24-12-6-18-54(66)36-48-72(75)81/h1-48H. The zero-order valence-electron chi connectivity index (χ0n) is 46.4. The molecule has 0 amide bonds.